The van der Waals surface area contributed by atoms with Crippen LogP contribution < -0.4 is 10.1 Å². The molecule has 0 unspecified atom stereocenters. The van der Waals surface area contributed by atoms with E-state index in [4.69, 9.17) is 4.74 Å². The van der Waals surface area contributed by atoms with Gasteiger partial charge in [-0.3, -0.25) is 4.79 Å². The number of nitrogens with zero attached hydrogens (tertiary/aromatic N) is 6. The molecule has 1 amide bonds. The molecule has 0 bridgehead atoms. The molecule has 0 aliphatic heterocycles. The topological polar surface area (TPSA) is 99.7 Å². The van der Waals surface area contributed by atoms with Crippen LogP contribution in [-0.4, -0.2) is 42.0 Å². The molecule has 9 heteroatoms. The van der Waals surface area contributed by atoms with Gasteiger partial charge >= 0.3 is 0 Å². The van der Waals surface area contributed by atoms with E-state index in [0.717, 1.165) is 16.9 Å². The Kier molecular flexibility index (Phi) is 5.51. The van der Waals surface area contributed by atoms with Crippen LogP contribution in [0.15, 0.2) is 67.1 Å². The van der Waals surface area contributed by atoms with Gasteiger partial charge in [0, 0.05) is 6.07 Å². The average Bonchev–Trinajstić information content (AvgIpc) is 3.43. The molecule has 0 saturated carbocycles. The van der Waals surface area contributed by atoms with Gasteiger partial charge < -0.3 is 10.1 Å². The molecule has 0 fully saturated rings. The first kappa shape index (κ1) is 21.3. The van der Waals surface area contributed by atoms with Gasteiger partial charge in [-0.2, -0.15) is 14.9 Å². The maximum atomic E-state index is 12.6. The van der Waals surface area contributed by atoms with Crippen molar-refractivity contribution in [3.63, 3.8) is 0 Å². The van der Waals surface area contributed by atoms with Gasteiger partial charge in [0.15, 0.2) is 18.1 Å². The minimum atomic E-state index is -0.304. The monoisotopic (exact) mass is 453 g/mol. The molecular weight excluding hydrogens is 430 g/mol. The Morgan fingerprint density at radius 3 is 2.65 bits per heavy atom. The molecule has 0 radical (unpaired) electrons. The Hall–Kier alpha value is -4.53. The fourth-order valence-corrected chi connectivity index (χ4v) is 3.74. The van der Waals surface area contributed by atoms with Crippen molar-refractivity contribution in [1.82, 2.24) is 29.5 Å². The fourth-order valence-electron chi connectivity index (χ4n) is 3.74. The van der Waals surface area contributed by atoms with Crippen LogP contribution in [-0.2, 0) is 4.79 Å². The Morgan fingerprint density at radius 2 is 1.82 bits per heavy atom. The fraction of sp³-hybridized carbons (Fsp3) is 0.160. The lowest BCUT2D eigenvalue weighted by Gasteiger charge is -2.11. The van der Waals surface area contributed by atoms with Crippen molar-refractivity contribution in [1.29, 1.82) is 0 Å². The van der Waals surface area contributed by atoms with Crippen molar-refractivity contribution in [2.45, 2.75) is 20.8 Å². The number of rotatable bonds is 6. The van der Waals surface area contributed by atoms with Crippen molar-refractivity contribution in [2.24, 2.45) is 0 Å². The van der Waals surface area contributed by atoms with E-state index >= 15 is 0 Å². The molecule has 0 spiro atoms. The van der Waals surface area contributed by atoms with E-state index in [1.54, 1.807) is 33.8 Å². The molecule has 0 saturated heterocycles. The molecule has 0 aliphatic carbocycles. The zero-order valence-corrected chi connectivity index (χ0v) is 19.1. The molecule has 5 rings (SSSR count). The molecule has 0 atom stereocenters. The van der Waals surface area contributed by atoms with Crippen molar-refractivity contribution in [3.05, 3.63) is 83.9 Å². The largest absolute Gasteiger partial charge is 0.484 e. The van der Waals surface area contributed by atoms with Crippen LogP contribution in [0.1, 0.15) is 16.8 Å². The Labute approximate surface area is 196 Å². The van der Waals surface area contributed by atoms with Gasteiger partial charge in [-0.1, -0.05) is 30.3 Å². The predicted molar refractivity (Wildman–Crippen MR) is 129 cm³/mol. The highest BCUT2D eigenvalue weighted by atomic mass is 16.5. The van der Waals surface area contributed by atoms with Crippen molar-refractivity contribution in [2.75, 3.05) is 11.9 Å². The van der Waals surface area contributed by atoms with E-state index in [1.165, 1.54) is 11.9 Å². The quantitative estimate of drug-likeness (QED) is 0.418. The minimum Gasteiger partial charge on any atom is -0.484 e. The maximum Gasteiger partial charge on any atom is 0.263 e. The number of fused-ring (bicyclic) bond motifs is 1. The lowest BCUT2D eigenvalue weighted by atomic mass is 10.1. The number of aromatic nitrogens is 6. The SMILES string of the molecule is Cc1cc(NC(=O)COc2ccccc2)n(-c2ncnc3c2cnn3-c2cccc(C)c2C)n1. The summed E-state index contributed by atoms with van der Waals surface area (Å²) in [6.07, 6.45) is 3.19. The van der Waals surface area contributed by atoms with Crippen molar-refractivity contribution in [3.8, 4) is 17.3 Å². The third kappa shape index (κ3) is 3.99. The van der Waals surface area contributed by atoms with Gasteiger partial charge in [-0.15, -0.1) is 0 Å². The van der Waals surface area contributed by atoms with Crippen LogP contribution in [0.2, 0.25) is 0 Å². The van der Waals surface area contributed by atoms with E-state index in [2.05, 4.69) is 45.4 Å². The van der Waals surface area contributed by atoms with Crippen LogP contribution >= 0.6 is 0 Å². The Bertz CT molecular complexity index is 1490. The molecule has 34 heavy (non-hydrogen) atoms. The first-order chi connectivity index (χ1) is 16.5. The van der Waals surface area contributed by atoms with Crippen LogP contribution in [0, 0.1) is 20.8 Å². The second kappa shape index (κ2) is 8.78. The lowest BCUT2D eigenvalue weighted by Crippen LogP contribution is -2.22. The molecule has 170 valence electrons. The van der Waals surface area contributed by atoms with E-state index in [0.29, 0.717) is 28.4 Å². The number of carbonyl (C=O) groups is 1. The highest BCUT2D eigenvalue weighted by molar-refractivity contribution is 5.92. The van der Waals surface area contributed by atoms with Gasteiger partial charge in [0.25, 0.3) is 5.91 Å². The molecule has 3 heterocycles. The summed E-state index contributed by atoms with van der Waals surface area (Å²) in [7, 11) is 0. The normalized spacial score (nSPS) is 11.0. The van der Waals surface area contributed by atoms with Crippen LogP contribution in [0.25, 0.3) is 22.5 Å². The second-order valence-corrected chi connectivity index (χ2v) is 7.94. The average molecular weight is 454 g/mol. The highest BCUT2D eigenvalue weighted by Crippen LogP contribution is 2.26. The first-order valence-corrected chi connectivity index (χ1v) is 10.8. The standard InChI is InChI=1S/C25H23N7O2/c1-16-8-7-11-21(18(16)3)31-24-20(13-28-31)25(27-15-26-24)32-22(12-17(2)30-32)29-23(33)14-34-19-9-5-4-6-10-19/h4-13,15H,14H2,1-3H3,(H,29,33). The second-order valence-electron chi connectivity index (χ2n) is 7.94. The summed E-state index contributed by atoms with van der Waals surface area (Å²) in [5.74, 6) is 1.33. The third-order valence-electron chi connectivity index (χ3n) is 5.56. The third-order valence-corrected chi connectivity index (χ3v) is 5.56. The molecule has 3 aromatic heterocycles. The molecule has 2 aromatic carbocycles. The van der Waals surface area contributed by atoms with Gasteiger partial charge in [0.1, 0.15) is 17.9 Å². The summed E-state index contributed by atoms with van der Waals surface area (Å²) in [6.45, 7) is 5.85. The first-order valence-electron chi connectivity index (χ1n) is 10.8. The van der Waals surface area contributed by atoms with E-state index in [1.807, 2.05) is 37.3 Å². The number of ether oxygens (including phenoxy) is 1. The number of para-hydroxylation sites is 1. The van der Waals surface area contributed by atoms with Crippen LogP contribution in [0.5, 0.6) is 5.75 Å². The molecule has 5 aromatic rings. The summed E-state index contributed by atoms with van der Waals surface area (Å²) in [4.78, 5) is 21.5. The number of nitrogens with one attached hydrogen (secondary N) is 1. The van der Waals surface area contributed by atoms with Gasteiger partial charge in [0.2, 0.25) is 0 Å². The van der Waals surface area contributed by atoms with Gasteiger partial charge in [0.05, 0.1) is 23.0 Å². The highest BCUT2D eigenvalue weighted by Gasteiger charge is 2.18. The number of hydrogen-bond donors (Lipinski definition) is 1. The smallest absolute Gasteiger partial charge is 0.263 e. The maximum absolute atomic E-state index is 12.6. The van der Waals surface area contributed by atoms with Crippen molar-refractivity contribution < 1.29 is 9.53 Å². The zero-order valence-electron chi connectivity index (χ0n) is 19.1. The van der Waals surface area contributed by atoms with Crippen LogP contribution in [0.4, 0.5) is 5.82 Å². The number of hydrogen-bond acceptors (Lipinski definition) is 6. The summed E-state index contributed by atoms with van der Waals surface area (Å²) in [5.41, 5.74) is 4.61. The van der Waals surface area contributed by atoms with E-state index < -0.39 is 0 Å². The summed E-state index contributed by atoms with van der Waals surface area (Å²) in [6, 6.07) is 17.0. The number of amides is 1. The zero-order chi connectivity index (χ0) is 23.7. The van der Waals surface area contributed by atoms with Crippen molar-refractivity contribution >= 4 is 22.8 Å². The van der Waals surface area contributed by atoms with E-state index in [-0.39, 0.29) is 12.5 Å². The van der Waals surface area contributed by atoms with Gasteiger partial charge in [-0.05, 0) is 50.1 Å². The molecule has 0 aliphatic rings. The predicted octanol–water partition coefficient (Wildman–Crippen LogP) is 3.94. The number of aryl methyl sites for hydroxylation is 2. The summed E-state index contributed by atoms with van der Waals surface area (Å²) in [5, 5.41) is 12.7. The minimum absolute atomic E-state index is 0.127. The van der Waals surface area contributed by atoms with Crippen LogP contribution in [0.3, 0.4) is 0 Å². The molecule has 1 N–H and O–H groups in total. The number of carbonyl (C=O) groups excluding carboxylic acids is 1. The molecule has 9 nitrogen and oxygen atoms in total. The van der Waals surface area contributed by atoms with E-state index in [9.17, 15) is 4.79 Å². The molecular formula is C25H23N7O2. The summed E-state index contributed by atoms with van der Waals surface area (Å²) >= 11 is 0. The number of anilines is 1. The van der Waals surface area contributed by atoms with Gasteiger partial charge in [-0.25, -0.2) is 14.6 Å². The summed E-state index contributed by atoms with van der Waals surface area (Å²) < 4.78 is 8.94. The Balaban J connectivity index is 1.47. The number of benzene rings is 2. The Morgan fingerprint density at radius 1 is 1.00 bits per heavy atom. The lowest BCUT2D eigenvalue weighted by molar-refractivity contribution is -0.118.